The standard InChI is InChI=1S/C23H48N2O/c1-22(2)18-15-13-11-9-7-5-6-8-10-12-14-16-19-23(26)24-20-17-21-25(3)4/h22H,5-21H2,1-4H3,(H,24,26). The summed E-state index contributed by atoms with van der Waals surface area (Å²) in [5.41, 5.74) is 0. The van der Waals surface area contributed by atoms with Crippen molar-refractivity contribution in [1.29, 1.82) is 0 Å². The first-order chi connectivity index (χ1) is 12.5. The molecule has 156 valence electrons. The van der Waals surface area contributed by atoms with Crippen molar-refractivity contribution < 1.29 is 4.79 Å². The lowest BCUT2D eigenvalue weighted by molar-refractivity contribution is -0.121. The molecule has 0 radical (unpaired) electrons. The first-order valence-corrected chi connectivity index (χ1v) is 11.4. The minimum atomic E-state index is 0.233. The lowest BCUT2D eigenvalue weighted by Crippen LogP contribution is -2.26. The predicted octanol–water partition coefficient (Wildman–Crippen LogP) is 6.17. The molecule has 0 aliphatic carbocycles. The maximum atomic E-state index is 11.7. The topological polar surface area (TPSA) is 32.3 Å². The molecule has 0 heterocycles. The van der Waals surface area contributed by atoms with Gasteiger partial charge in [-0.15, -0.1) is 0 Å². The molecule has 0 fully saturated rings. The number of amides is 1. The summed E-state index contributed by atoms with van der Waals surface area (Å²) in [6, 6.07) is 0. The summed E-state index contributed by atoms with van der Waals surface area (Å²) in [4.78, 5) is 13.9. The van der Waals surface area contributed by atoms with Crippen LogP contribution in [-0.4, -0.2) is 38.0 Å². The Bertz CT molecular complexity index is 303. The van der Waals surface area contributed by atoms with E-state index >= 15 is 0 Å². The first kappa shape index (κ1) is 25.4. The van der Waals surface area contributed by atoms with Crippen molar-refractivity contribution in [2.24, 2.45) is 5.92 Å². The van der Waals surface area contributed by atoms with E-state index < -0.39 is 0 Å². The second kappa shape index (κ2) is 19.2. The van der Waals surface area contributed by atoms with Gasteiger partial charge in [0.05, 0.1) is 0 Å². The number of nitrogens with one attached hydrogen (secondary N) is 1. The van der Waals surface area contributed by atoms with Gasteiger partial charge in [-0.05, 0) is 39.4 Å². The van der Waals surface area contributed by atoms with Crippen LogP contribution in [-0.2, 0) is 4.79 Å². The van der Waals surface area contributed by atoms with Gasteiger partial charge in [0.2, 0.25) is 5.91 Å². The summed E-state index contributed by atoms with van der Waals surface area (Å²) in [5, 5.41) is 3.02. The zero-order chi connectivity index (χ0) is 19.5. The summed E-state index contributed by atoms with van der Waals surface area (Å²) in [6.45, 7) is 6.50. The number of hydrogen-bond donors (Lipinski definition) is 1. The molecule has 0 aromatic heterocycles. The number of hydrogen-bond acceptors (Lipinski definition) is 2. The van der Waals surface area contributed by atoms with Gasteiger partial charge in [0.1, 0.15) is 0 Å². The van der Waals surface area contributed by atoms with E-state index in [1.165, 1.54) is 77.0 Å². The lowest BCUT2D eigenvalue weighted by atomic mass is 10.0. The van der Waals surface area contributed by atoms with E-state index in [1.54, 1.807) is 0 Å². The second-order valence-corrected chi connectivity index (χ2v) is 8.68. The van der Waals surface area contributed by atoms with E-state index in [2.05, 4.69) is 38.2 Å². The summed E-state index contributed by atoms with van der Waals surface area (Å²) in [5.74, 6) is 1.11. The SMILES string of the molecule is CC(C)CCCCCCCCCCCCCCC(=O)NCCCN(C)C. The number of unbranched alkanes of at least 4 members (excludes halogenated alkanes) is 11. The van der Waals surface area contributed by atoms with Gasteiger partial charge < -0.3 is 10.2 Å². The Balaban J connectivity index is 3.14. The van der Waals surface area contributed by atoms with Crippen molar-refractivity contribution in [2.45, 2.75) is 110 Å². The smallest absolute Gasteiger partial charge is 0.219 e. The molecule has 26 heavy (non-hydrogen) atoms. The molecule has 0 aliphatic heterocycles. The second-order valence-electron chi connectivity index (χ2n) is 8.68. The maximum absolute atomic E-state index is 11.7. The van der Waals surface area contributed by atoms with E-state index in [0.29, 0.717) is 6.42 Å². The molecule has 0 spiro atoms. The van der Waals surface area contributed by atoms with Crippen LogP contribution in [0.5, 0.6) is 0 Å². The van der Waals surface area contributed by atoms with Crippen molar-refractivity contribution in [3.63, 3.8) is 0 Å². The zero-order valence-electron chi connectivity index (χ0n) is 18.5. The van der Waals surface area contributed by atoms with Crippen molar-refractivity contribution in [2.75, 3.05) is 27.2 Å². The van der Waals surface area contributed by atoms with Crippen LogP contribution in [0.4, 0.5) is 0 Å². The molecular formula is C23H48N2O. The summed E-state index contributed by atoms with van der Waals surface area (Å²) >= 11 is 0. The van der Waals surface area contributed by atoms with Gasteiger partial charge in [0, 0.05) is 13.0 Å². The molecule has 3 heteroatoms. The van der Waals surface area contributed by atoms with Crippen LogP contribution < -0.4 is 5.32 Å². The minimum absolute atomic E-state index is 0.233. The summed E-state index contributed by atoms with van der Waals surface area (Å²) in [6.07, 6.45) is 19.4. The third-order valence-electron chi connectivity index (χ3n) is 5.04. The van der Waals surface area contributed by atoms with Gasteiger partial charge in [-0.2, -0.15) is 0 Å². The molecule has 3 nitrogen and oxygen atoms in total. The third-order valence-corrected chi connectivity index (χ3v) is 5.04. The van der Waals surface area contributed by atoms with E-state index in [9.17, 15) is 4.79 Å². The van der Waals surface area contributed by atoms with Gasteiger partial charge >= 0.3 is 0 Å². The minimum Gasteiger partial charge on any atom is -0.356 e. The monoisotopic (exact) mass is 368 g/mol. The van der Waals surface area contributed by atoms with Crippen molar-refractivity contribution in [3.05, 3.63) is 0 Å². The normalized spacial score (nSPS) is 11.5. The molecular weight excluding hydrogens is 320 g/mol. The Labute approximate surface area is 164 Å². The average molecular weight is 369 g/mol. The summed E-state index contributed by atoms with van der Waals surface area (Å²) < 4.78 is 0. The van der Waals surface area contributed by atoms with Crippen LogP contribution in [0, 0.1) is 5.92 Å². The molecule has 0 atom stereocenters. The van der Waals surface area contributed by atoms with Crippen LogP contribution in [0.2, 0.25) is 0 Å². The number of nitrogens with zero attached hydrogens (tertiary/aromatic N) is 1. The quantitative estimate of drug-likeness (QED) is 0.276. The average Bonchev–Trinajstić information content (AvgIpc) is 2.58. The Kier molecular flexibility index (Phi) is 18.8. The third kappa shape index (κ3) is 21.5. The van der Waals surface area contributed by atoms with Gasteiger partial charge in [-0.25, -0.2) is 0 Å². The molecule has 0 aromatic rings. The van der Waals surface area contributed by atoms with Crippen LogP contribution in [0.15, 0.2) is 0 Å². The van der Waals surface area contributed by atoms with Gasteiger partial charge in [-0.3, -0.25) is 4.79 Å². The predicted molar refractivity (Wildman–Crippen MR) is 116 cm³/mol. The molecule has 0 saturated carbocycles. The Hall–Kier alpha value is -0.570. The van der Waals surface area contributed by atoms with Crippen LogP contribution >= 0.6 is 0 Å². The Morgan fingerprint density at radius 3 is 1.65 bits per heavy atom. The fraction of sp³-hybridized carbons (Fsp3) is 0.957. The summed E-state index contributed by atoms with van der Waals surface area (Å²) in [7, 11) is 4.13. The number of carbonyl (C=O) groups is 1. The van der Waals surface area contributed by atoms with E-state index in [0.717, 1.165) is 31.8 Å². The van der Waals surface area contributed by atoms with Crippen molar-refractivity contribution in [1.82, 2.24) is 10.2 Å². The van der Waals surface area contributed by atoms with Crippen molar-refractivity contribution in [3.8, 4) is 0 Å². The highest BCUT2D eigenvalue weighted by Gasteiger charge is 2.01. The molecule has 0 rings (SSSR count). The fourth-order valence-electron chi connectivity index (χ4n) is 3.32. The molecule has 0 unspecified atom stereocenters. The maximum Gasteiger partial charge on any atom is 0.219 e. The van der Waals surface area contributed by atoms with Crippen molar-refractivity contribution >= 4 is 5.91 Å². The van der Waals surface area contributed by atoms with Crippen LogP contribution in [0.1, 0.15) is 110 Å². The fourth-order valence-corrected chi connectivity index (χ4v) is 3.32. The van der Waals surface area contributed by atoms with Crippen LogP contribution in [0.25, 0.3) is 0 Å². The molecule has 1 N–H and O–H groups in total. The molecule has 1 amide bonds. The highest BCUT2D eigenvalue weighted by molar-refractivity contribution is 5.75. The molecule has 0 saturated heterocycles. The van der Waals surface area contributed by atoms with Gasteiger partial charge in [-0.1, -0.05) is 90.9 Å². The Morgan fingerprint density at radius 2 is 1.19 bits per heavy atom. The highest BCUT2D eigenvalue weighted by Crippen LogP contribution is 2.14. The molecule has 0 aliphatic rings. The largest absolute Gasteiger partial charge is 0.356 e. The first-order valence-electron chi connectivity index (χ1n) is 11.4. The lowest BCUT2D eigenvalue weighted by Gasteiger charge is -2.09. The number of carbonyl (C=O) groups excluding carboxylic acids is 1. The van der Waals surface area contributed by atoms with Crippen LogP contribution in [0.3, 0.4) is 0 Å². The van der Waals surface area contributed by atoms with E-state index in [-0.39, 0.29) is 5.91 Å². The van der Waals surface area contributed by atoms with Gasteiger partial charge in [0.25, 0.3) is 0 Å². The number of rotatable bonds is 19. The molecule has 0 bridgehead atoms. The van der Waals surface area contributed by atoms with E-state index in [4.69, 9.17) is 0 Å². The van der Waals surface area contributed by atoms with E-state index in [1.807, 2.05) is 0 Å². The highest BCUT2D eigenvalue weighted by atomic mass is 16.1. The zero-order valence-corrected chi connectivity index (χ0v) is 18.5. The Morgan fingerprint density at radius 1 is 0.731 bits per heavy atom. The van der Waals surface area contributed by atoms with Gasteiger partial charge in [0.15, 0.2) is 0 Å². The molecule has 0 aromatic carbocycles.